The van der Waals surface area contributed by atoms with Gasteiger partial charge < -0.3 is 4.74 Å². The maximum absolute atomic E-state index is 13.1. The average molecular weight is 389 g/mol. The molecule has 0 radical (unpaired) electrons. The van der Waals surface area contributed by atoms with Gasteiger partial charge in [0.25, 0.3) is 0 Å². The molecule has 0 atom stereocenters. The van der Waals surface area contributed by atoms with Crippen LogP contribution in [0.5, 0.6) is 0 Å². The minimum atomic E-state index is -0.261. The van der Waals surface area contributed by atoms with E-state index < -0.39 is 0 Å². The van der Waals surface area contributed by atoms with Crippen LogP contribution in [0.15, 0.2) is 29.6 Å². The summed E-state index contributed by atoms with van der Waals surface area (Å²) < 4.78 is 18.5. The molecule has 0 spiro atoms. The highest BCUT2D eigenvalue weighted by Gasteiger charge is 2.35. The van der Waals surface area contributed by atoms with Crippen molar-refractivity contribution >= 4 is 22.4 Å². The fraction of sp³-hybridized carbons (Fsp3) is 0.500. The predicted molar refractivity (Wildman–Crippen MR) is 104 cm³/mol. The summed E-state index contributed by atoms with van der Waals surface area (Å²) in [5.41, 5.74) is 1.66. The summed E-state index contributed by atoms with van der Waals surface area (Å²) in [5.74, 6) is 0.0893. The number of amides is 1. The highest BCUT2D eigenvalue weighted by molar-refractivity contribution is 7.14. The van der Waals surface area contributed by atoms with Gasteiger partial charge in [-0.3, -0.25) is 14.6 Å². The van der Waals surface area contributed by atoms with Crippen molar-refractivity contribution in [3.63, 3.8) is 0 Å². The molecule has 0 N–H and O–H groups in total. The Morgan fingerprint density at radius 2 is 2.00 bits per heavy atom. The molecule has 1 amide bonds. The maximum atomic E-state index is 13.1. The second-order valence-electron chi connectivity index (χ2n) is 7.09. The lowest BCUT2D eigenvalue weighted by atomic mass is 10.2. The van der Waals surface area contributed by atoms with E-state index in [-0.39, 0.29) is 17.6 Å². The van der Waals surface area contributed by atoms with Crippen LogP contribution in [0.25, 0.3) is 11.3 Å². The first kappa shape index (κ1) is 18.5. The van der Waals surface area contributed by atoms with Gasteiger partial charge in [-0.05, 0) is 43.5 Å². The van der Waals surface area contributed by atoms with Gasteiger partial charge in [0.05, 0.1) is 18.9 Å². The molecule has 1 aliphatic heterocycles. The topological polar surface area (TPSA) is 45.7 Å². The van der Waals surface area contributed by atoms with Crippen LogP contribution in [-0.4, -0.2) is 55.2 Å². The van der Waals surface area contributed by atoms with Crippen LogP contribution in [0.3, 0.4) is 0 Å². The lowest BCUT2D eigenvalue weighted by Crippen LogP contribution is -2.39. The molecule has 1 saturated heterocycles. The first-order chi connectivity index (χ1) is 13.2. The van der Waals surface area contributed by atoms with E-state index in [0.29, 0.717) is 6.54 Å². The molecule has 2 fully saturated rings. The number of carbonyl (C=O) groups excluding carboxylic acids is 1. The third-order valence-electron chi connectivity index (χ3n) is 5.02. The van der Waals surface area contributed by atoms with Crippen LogP contribution in [-0.2, 0) is 9.53 Å². The van der Waals surface area contributed by atoms with Crippen molar-refractivity contribution in [2.75, 3.05) is 44.3 Å². The Kier molecular flexibility index (Phi) is 5.80. The number of hydrogen-bond acceptors (Lipinski definition) is 5. The fourth-order valence-electron chi connectivity index (χ4n) is 3.27. The number of halogens is 1. The van der Waals surface area contributed by atoms with E-state index in [4.69, 9.17) is 4.74 Å². The van der Waals surface area contributed by atoms with E-state index in [0.717, 1.165) is 68.5 Å². The van der Waals surface area contributed by atoms with Crippen molar-refractivity contribution in [3.05, 3.63) is 35.5 Å². The van der Waals surface area contributed by atoms with Gasteiger partial charge in [-0.15, -0.1) is 11.3 Å². The Hall–Kier alpha value is -1.83. The number of aromatic nitrogens is 1. The van der Waals surface area contributed by atoms with Crippen molar-refractivity contribution in [2.24, 2.45) is 5.92 Å². The summed E-state index contributed by atoms with van der Waals surface area (Å²) in [7, 11) is 0. The van der Waals surface area contributed by atoms with Gasteiger partial charge >= 0.3 is 0 Å². The van der Waals surface area contributed by atoms with Gasteiger partial charge in [-0.1, -0.05) is 0 Å². The number of hydrogen-bond donors (Lipinski definition) is 0. The van der Waals surface area contributed by atoms with Gasteiger partial charge in [0, 0.05) is 43.0 Å². The number of benzene rings is 1. The molecule has 2 aromatic rings. The second kappa shape index (κ2) is 8.46. The van der Waals surface area contributed by atoms with Crippen molar-refractivity contribution in [1.29, 1.82) is 0 Å². The Bertz CT molecular complexity index is 770. The average Bonchev–Trinajstić information content (AvgIpc) is 3.44. The zero-order valence-corrected chi connectivity index (χ0v) is 16.1. The molecule has 1 saturated carbocycles. The number of morpholine rings is 1. The zero-order chi connectivity index (χ0) is 18.6. The molecule has 0 unspecified atom stereocenters. The van der Waals surface area contributed by atoms with E-state index in [2.05, 4.69) is 9.88 Å². The predicted octanol–water partition coefficient (Wildman–Crippen LogP) is 3.41. The smallest absolute Gasteiger partial charge is 0.231 e. The van der Waals surface area contributed by atoms with Crippen LogP contribution < -0.4 is 4.90 Å². The molecule has 2 aliphatic rings. The molecule has 4 rings (SSSR count). The quantitative estimate of drug-likeness (QED) is 0.728. The van der Waals surface area contributed by atoms with E-state index in [9.17, 15) is 9.18 Å². The molecular weight excluding hydrogens is 365 g/mol. The highest BCUT2D eigenvalue weighted by atomic mass is 32.1. The van der Waals surface area contributed by atoms with Gasteiger partial charge in [0.2, 0.25) is 5.91 Å². The summed E-state index contributed by atoms with van der Waals surface area (Å²) in [4.78, 5) is 21.7. The van der Waals surface area contributed by atoms with Gasteiger partial charge in [0.1, 0.15) is 5.82 Å². The Morgan fingerprint density at radius 1 is 1.26 bits per heavy atom. The molecule has 0 bridgehead atoms. The van der Waals surface area contributed by atoms with E-state index in [1.54, 1.807) is 12.1 Å². The fourth-order valence-corrected chi connectivity index (χ4v) is 4.13. The van der Waals surface area contributed by atoms with Gasteiger partial charge in [0.15, 0.2) is 5.13 Å². The Labute approximate surface area is 162 Å². The van der Waals surface area contributed by atoms with E-state index in [1.807, 2.05) is 10.3 Å². The van der Waals surface area contributed by atoms with E-state index >= 15 is 0 Å². The minimum Gasteiger partial charge on any atom is -0.379 e. The minimum absolute atomic E-state index is 0.159. The lowest BCUT2D eigenvalue weighted by Gasteiger charge is -2.27. The highest BCUT2D eigenvalue weighted by Crippen LogP contribution is 2.35. The van der Waals surface area contributed by atoms with Crippen LogP contribution in [0.2, 0.25) is 0 Å². The summed E-state index contributed by atoms with van der Waals surface area (Å²) >= 11 is 1.48. The third kappa shape index (κ3) is 4.72. The first-order valence-electron chi connectivity index (χ1n) is 9.53. The molecule has 5 nitrogen and oxygen atoms in total. The molecule has 1 aromatic carbocycles. The lowest BCUT2D eigenvalue weighted by molar-refractivity contribution is -0.119. The number of nitrogens with zero attached hydrogens (tertiary/aromatic N) is 3. The number of anilines is 1. The monoisotopic (exact) mass is 389 g/mol. The summed E-state index contributed by atoms with van der Waals surface area (Å²) in [5, 5.41) is 2.69. The van der Waals surface area contributed by atoms with Crippen molar-refractivity contribution in [1.82, 2.24) is 9.88 Å². The molecule has 7 heteroatoms. The normalized spacial score (nSPS) is 17.8. The van der Waals surface area contributed by atoms with Gasteiger partial charge in [-0.2, -0.15) is 0 Å². The van der Waals surface area contributed by atoms with E-state index in [1.165, 1.54) is 23.5 Å². The van der Waals surface area contributed by atoms with Crippen molar-refractivity contribution in [2.45, 2.75) is 19.3 Å². The number of ether oxygens (including phenoxy) is 1. The van der Waals surface area contributed by atoms with Crippen LogP contribution in [0.4, 0.5) is 9.52 Å². The number of thiazole rings is 1. The van der Waals surface area contributed by atoms with Crippen LogP contribution in [0.1, 0.15) is 19.3 Å². The Morgan fingerprint density at radius 3 is 2.70 bits per heavy atom. The molecule has 144 valence electrons. The summed E-state index contributed by atoms with van der Waals surface area (Å²) in [6.07, 6.45) is 2.88. The van der Waals surface area contributed by atoms with Crippen LogP contribution in [0, 0.1) is 11.7 Å². The van der Waals surface area contributed by atoms with Crippen molar-refractivity contribution < 1.29 is 13.9 Å². The molecule has 1 aromatic heterocycles. The SMILES string of the molecule is O=C(C1CC1)N(CCCN1CCOCC1)c1nc(-c2ccc(F)cc2)cs1. The van der Waals surface area contributed by atoms with Crippen molar-refractivity contribution in [3.8, 4) is 11.3 Å². The largest absolute Gasteiger partial charge is 0.379 e. The number of rotatable bonds is 7. The molecular formula is C20H24FN3O2S. The first-order valence-corrected chi connectivity index (χ1v) is 10.4. The second-order valence-corrected chi connectivity index (χ2v) is 7.93. The zero-order valence-electron chi connectivity index (χ0n) is 15.3. The Balaban J connectivity index is 1.43. The molecule has 1 aliphatic carbocycles. The summed E-state index contributed by atoms with van der Waals surface area (Å²) in [6.45, 7) is 5.15. The standard InChI is InChI=1S/C20H24FN3O2S/c21-17-6-4-15(5-7-17)18-14-27-20(22-18)24(19(25)16-2-3-16)9-1-8-23-10-12-26-13-11-23/h4-7,14,16H,1-3,8-13H2. The van der Waals surface area contributed by atoms with Crippen LogP contribution >= 0.6 is 11.3 Å². The molecule has 27 heavy (non-hydrogen) atoms. The third-order valence-corrected chi connectivity index (χ3v) is 5.88. The molecule has 2 heterocycles. The number of carbonyl (C=O) groups is 1. The maximum Gasteiger partial charge on any atom is 0.231 e. The van der Waals surface area contributed by atoms with Gasteiger partial charge in [-0.25, -0.2) is 9.37 Å². The summed E-state index contributed by atoms with van der Waals surface area (Å²) in [6, 6.07) is 6.31.